The Hall–Kier alpha value is -1.11. The molecule has 1 fully saturated rings. The van der Waals surface area contributed by atoms with Gasteiger partial charge in [-0.25, -0.2) is 4.98 Å². The van der Waals surface area contributed by atoms with Crippen LogP contribution in [0.3, 0.4) is 0 Å². The summed E-state index contributed by atoms with van der Waals surface area (Å²) in [5.74, 6) is 0.264. The molecule has 100 valence electrons. The number of nitrogens with one attached hydrogen (secondary N) is 1. The largest absolute Gasteiger partial charge is 0.434 e. The van der Waals surface area contributed by atoms with Crippen LogP contribution in [0.4, 0.5) is 13.2 Å². The lowest BCUT2D eigenvalue weighted by molar-refractivity contribution is -0.140. The van der Waals surface area contributed by atoms with Crippen LogP contribution in [-0.2, 0) is 17.5 Å². The molecule has 0 aromatic carbocycles. The second kappa shape index (κ2) is 4.87. The van der Waals surface area contributed by atoms with E-state index < -0.39 is 11.9 Å². The highest BCUT2D eigenvalue weighted by Gasteiger charge is 2.34. The SMILES string of the molecule is C[C@@H](C(=O)NCc1nc(C(F)(F)F)cs1)C1CC1. The van der Waals surface area contributed by atoms with Gasteiger partial charge in [-0.1, -0.05) is 6.92 Å². The lowest BCUT2D eigenvalue weighted by Crippen LogP contribution is -2.29. The first-order valence-electron chi connectivity index (χ1n) is 5.67. The van der Waals surface area contributed by atoms with Crippen molar-refractivity contribution in [2.24, 2.45) is 11.8 Å². The molecule has 1 aromatic heterocycles. The summed E-state index contributed by atoms with van der Waals surface area (Å²) in [6, 6.07) is 0. The van der Waals surface area contributed by atoms with Gasteiger partial charge in [-0.15, -0.1) is 11.3 Å². The van der Waals surface area contributed by atoms with Crippen molar-refractivity contribution < 1.29 is 18.0 Å². The summed E-state index contributed by atoms with van der Waals surface area (Å²) in [5.41, 5.74) is -0.896. The predicted molar refractivity (Wildman–Crippen MR) is 60.9 cm³/mol. The van der Waals surface area contributed by atoms with Crippen molar-refractivity contribution in [1.82, 2.24) is 10.3 Å². The van der Waals surface area contributed by atoms with E-state index in [0.717, 1.165) is 29.6 Å². The molecule has 1 aliphatic rings. The summed E-state index contributed by atoms with van der Waals surface area (Å²) in [6.45, 7) is 1.91. The van der Waals surface area contributed by atoms with E-state index in [4.69, 9.17) is 0 Å². The third kappa shape index (κ3) is 3.22. The van der Waals surface area contributed by atoms with Gasteiger partial charge in [0.25, 0.3) is 0 Å². The second-order valence-electron chi connectivity index (χ2n) is 4.47. The molecule has 1 amide bonds. The number of halogens is 3. The Morgan fingerprint density at radius 1 is 1.61 bits per heavy atom. The minimum atomic E-state index is -4.42. The van der Waals surface area contributed by atoms with E-state index in [0.29, 0.717) is 5.92 Å². The second-order valence-corrected chi connectivity index (χ2v) is 5.41. The summed E-state index contributed by atoms with van der Waals surface area (Å²) in [5, 5.41) is 3.87. The third-order valence-corrected chi connectivity index (χ3v) is 3.85. The quantitative estimate of drug-likeness (QED) is 0.920. The zero-order valence-corrected chi connectivity index (χ0v) is 10.6. The molecular formula is C11H13F3N2OS. The van der Waals surface area contributed by atoms with Crippen molar-refractivity contribution in [2.75, 3.05) is 0 Å². The molecule has 0 radical (unpaired) electrons. The zero-order chi connectivity index (χ0) is 13.3. The molecule has 1 saturated carbocycles. The monoisotopic (exact) mass is 278 g/mol. The number of alkyl halides is 3. The average molecular weight is 278 g/mol. The molecule has 0 spiro atoms. The summed E-state index contributed by atoms with van der Waals surface area (Å²) in [7, 11) is 0. The van der Waals surface area contributed by atoms with Crippen LogP contribution in [0.1, 0.15) is 30.5 Å². The molecule has 3 nitrogen and oxygen atoms in total. The van der Waals surface area contributed by atoms with Gasteiger partial charge < -0.3 is 5.32 Å². The van der Waals surface area contributed by atoms with Gasteiger partial charge in [-0.3, -0.25) is 4.79 Å². The van der Waals surface area contributed by atoms with E-state index in [1.807, 2.05) is 6.92 Å². The number of thiazole rings is 1. The predicted octanol–water partition coefficient (Wildman–Crippen LogP) is 2.82. The van der Waals surface area contributed by atoms with E-state index in [1.54, 1.807) is 0 Å². The number of carbonyl (C=O) groups is 1. The van der Waals surface area contributed by atoms with E-state index >= 15 is 0 Å². The minimum Gasteiger partial charge on any atom is -0.349 e. The molecule has 0 saturated heterocycles. The molecule has 1 aromatic rings. The van der Waals surface area contributed by atoms with Crippen molar-refractivity contribution in [2.45, 2.75) is 32.5 Å². The fourth-order valence-corrected chi connectivity index (χ4v) is 2.40. The highest BCUT2D eigenvalue weighted by atomic mass is 32.1. The summed E-state index contributed by atoms with van der Waals surface area (Å²) >= 11 is 0.908. The highest BCUT2D eigenvalue weighted by Crippen LogP contribution is 2.36. The highest BCUT2D eigenvalue weighted by molar-refractivity contribution is 7.09. The minimum absolute atomic E-state index is 0.0629. The van der Waals surface area contributed by atoms with Crippen molar-refractivity contribution >= 4 is 17.2 Å². The molecule has 7 heteroatoms. The Labute approximate surface area is 106 Å². The van der Waals surface area contributed by atoms with Crippen LogP contribution in [0.25, 0.3) is 0 Å². The molecule has 0 bridgehead atoms. The number of hydrogen-bond acceptors (Lipinski definition) is 3. The van der Waals surface area contributed by atoms with Crippen LogP contribution in [0.2, 0.25) is 0 Å². The standard InChI is InChI=1S/C11H13F3N2OS/c1-6(7-2-3-7)10(17)15-4-9-16-8(5-18-9)11(12,13)14/h5-7H,2-4H2,1H3,(H,15,17)/t6-/m1/s1. The number of carbonyl (C=O) groups excluding carboxylic acids is 1. The Kier molecular flexibility index (Phi) is 3.61. The van der Waals surface area contributed by atoms with E-state index in [9.17, 15) is 18.0 Å². The van der Waals surface area contributed by atoms with Crippen molar-refractivity contribution in [3.05, 3.63) is 16.1 Å². The number of amides is 1. The van der Waals surface area contributed by atoms with Gasteiger partial charge in [0.2, 0.25) is 5.91 Å². The van der Waals surface area contributed by atoms with Crippen LogP contribution >= 0.6 is 11.3 Å². The van der Waals surface area contributed by atoms with E-state index in [-0.39, 0.29) is 23.4 Å². The van der Waals surface area contributed by atoms with E-state index in [2.05, 4.69) is 10.3 Å². The Morgan fingerprint density at radius 3 is 2.78 bits per heavy atom. The summed E-state index contributed by atoms with van der Waals surface area (Å²) < 4.78 is 36.9. The van der Waals surface area contributed by atoms with Gasteiger partial charge in [0.15, 0.2) is 5.69 Å². The summed E-state index contributed by atoms with van der Waals surface area (Å²) in [4.78, 5) is 15.1. The molecule has 0 unspecified atom stereocenters. The van der Waals surface area contributed by atoms with Gasteiger partial charge in [-0.2, -0.15) is 13.2 Å². The Bertz CT molecular complexity index is 440. The third-order valence-electron chi connectivity index (χ3n) is 3.00. The van der Waals surface area contributed by atoms with Gasteiger partial charge in [-0.05, 0) is 18.8 Å². The molecule has 18 heavy (non-hydrogen) atoms. The number of nitrogens with zero attached hydrogens (tertiary/aromatic N) is 1. The maximum Gasteiger partial charge on any atom is 0.434 e. The smallest absolute Gasteiger partial charge is 0.349 e. The van der Waals surface area contributed by atoms with Gasteiger partial charge in [0.05, 0.1) is 6.54 Å². The van der Waals surface area contributed by atoms with Crippen molar-refractivity contribution in [3.63, 3.8) is 0 Å². The lowest BCUT2D eigenvalue weighted by atomic mass is 10.1. The van der Waals surface area contributed by atoms with Crippen molar-refractivity contribution in [1.29, 1.82) is 0 Å². The molecule has 1 aliphatic carbocycles. The normalized spacial score (nSPS) is 17.6. The first kappa shape index (κ1) is 13.3. The van der Waals surface area contributed by atoms with Crippen LogP contribution in [-0.4, -0.2) is 10.9 Å². The van der Waals surface area contributed by atoms with Crippen LogP contribution in [0.15, 0.2) is 5.38 Å². The fourth-order valence-electron chi connectivity index (χ4n) is 1.66. The topological polar surface area (TPSA) is 42.0 Å². The number of hydrogen-bond donors (Lipinski definition) is 1. The first-order chi connectivity index (χ1) is 8.38. The molecule has 1 atom stereocenters. The zero-order valence-electron chi connectivity index (χ0n) is 9.75. The average Bonchev–Trinajstić information content (AvgIpc) is 3.02. The Balaban J connectivity index is 1.86. The van der Waals surface area contributed by atoms with Crippen LogP contribution in [0.5, 0.6) is 0 Å². The van der Waals surface area contributed by atoms with Gasteiger partial charge in [0, 0.05) is 11.3 Å². The molecular weight excluding hydrogens is 265 g/mol. The maximum absolute atomic E-state index is 12.3. The van der Waals surface area contributed by atoms with Crippen LogP contribution in [0, 0.1) is 11.8 Å². The number of aromatic nitrogens is 1. The number of rotatable bonds is 4. The fraction of sp³-hybridized carbons (Fsp3) is 0.636. The van der Waals surface area contributed by atoms with Gasteiger partial charge in [0.1, 0.15) is 5.01 Å². The van der Waals surface area contributed by atoms with Crippen LogP contribution < -0.4 is 5.32 Å². The van der Waals surface area contributed by atoms with E-state index in [1.165, 1.54) is 0 Å². The molecule has 1 heterocycles. The summed E-state index contributed by atoms with van der Waals surface area (Å²) in [6.07, 6.45) is -2.30. The lowest BCUT2D eigenvalue weighted by Gasteiger charge is -2.09. The first-order valence-corrected chi connectivity index (χ1v) is 6.55. The van der Waals surface area contributed by atoms with Crippen molar-refractivity contribution in [3.8, 4) is 0 Å². The Morgan fingerprint density at radius 2 is 2.28 bits per heavy atom. The molecule has 2 rings (SSSR count). The maximum atomic E-state index is 12.3. The molecule has 0 aliphatic heterocycles. The van der Waals surface area contributed by atoms with Gasteiger partial charge >= 0.3 is 6.18 Å². The molecule has 1 N–H and O–H groups in total.